The first-order valence-electron chi connectivity index (χ1n) is 8.72. The number of rotatable bonds is 13. The Morgan fingerprint density at radius 2 is 1.79 bits per heavy atom. The minimum absolute atomic E-state index is 0.0899. The number of H-pyrrole nitrogens is 1. The zero-order valence-corrected chi connectivity index (χ0v) is 15.3. The number of hydrogen-bond donors (Lipinski definition) is 7. The summed E-state index contributed by atoms with van der Waals surface area (Å²) in [4.78, 5) is 53.5. The van der Waals surface area contributed by atoms with Crippen molar-refractivity contribution in [3.8, 4) is 0 Å². The van der Waals surface area contributed by atoms with Crippen LogP contribution in [0.15, 0.2) is 12.5 Å². The molecule has 0 spiro atoms. The zero-order chi connectivity index (χ0) is 21.1. The van der Waals surface area contributed by atoms with Crippen molar-refractivity contribution in [1.82, 2.24) is 20.6 Å². The van der Waals surface area contributed by atoms with Gasteiger partial charge in [-0.1, -0.05) is 6.42 Å². The standard InChI is InChI=1S/C16H26N6O6/c17-4-2-1-3-10(18)14(25)21-11(6-13(23)24)15(26)22-12(16(27)28)5-9-7-19-8-20-9/h7-8,10-12H,1-6,17-18H2,(H,19,20)(H,21,25)(H,22,26)(H,23,24)(H,27,28)/t10-,11-,12-/m0/s1. The van der Waals surface area contributed by atoms with Crippen LogP contribution in [-0.4, -0.2) is 68.6 Å². The number of nitrogens with two attached hydrogens (primary N) is 2. The lowest BCUT2D eigenvalue weighted by Crippen LogP contribution is -2.55. The summed E-state index contributed by atoms with van der Waals surface area (Å²) in [5.74, 6) is -4.28. The summed E-state index contributed by atoms with van der Waals surface area (Å²) in [5, 5.41) is 22.8. The Bertz CT molecular complexity index is 665. The van der Waals surface area contributed by atoms with Gasteiger partial charge in [0, 0.05) is 18.3 Å². The number of aromatic amines is 1. The predicted octanol–water partition coefficient (Wildman–Crippen LogP) is -2.06. The van der Waals surface area contributed by atoms with Gasteiger partial charge in [0.25, 0.3) is 0 Å². The highest BCUT2D eigenvalue weighted by atomic mass is 16.4. The SMILES string of the molecule is NCCCC[C@H](N)C(=O)N[C@@H](CC(=O)O)C(=O)N[C@@H](Cc1cnc[nH]1)C(=O)O. The first-order valence-corrected chi connectivity index (χ1v) is 8.72. The van der Waals surface area contributed by atoms with Crippen LogP contribution in [0.25, 0.3) is 0 Å². The van der Waals surface area contributed by atoms with Crippen LogP contribution < -0.4 is 22.1 Å². The van der Waals surface area contributed by atoms with Gasteiger partial charge in [0.1, 0.15) is 12.1 Å². The number of hydrogen-bond acceptors (Lipinski definition) is 7. The van der Waals surface area contributed by atoms with E-state index in [1.54, 1.807) is 0 Å². The molecule has 9 N–H and O–H groups in total. The summed E-state index contributed by atoms with van der Waals surface area (Å²) in [6, 6.07) is -3.73. The van der Waals surface area contributed by atoms with E-state index in [4.69, 9.17) is 16.6 Å². The molecule has 0 radical (unpaired) electrons. The Balaban J connectivity index is 2.75. The molecule has 0 fully saturated rings. The van der Waals surface area contributed by atoms with E-state index in [2.05, 4.69) is 20.6 Å². The van der Waals surface area contributed by atoms with Gasteiger partial charge in [-0.15, -0.1) is 0 Å². The van der Waals surface area contributed by atoms with Crippen LogP contribution in [0.5, 0.6) is 0 Å². The second-order valence-corrected chi connectivity index (χ2v) is 6.23. The van der Waals surface area contributed by atoms with Crippen LogP contribution in [0.3, 0.4) is 0 Å². The van der Waals surface area contributed by atoms with E-state index >= 15 is 0 Å². The van der Waals surface area contributed by atoms with E-state index in [9.17, 15) is 24.3 Å². The molecule has 0 saturated heterocycles. The highest BCUT2D eigenvalue weighted by molar-refractivity contribution is 5.93. The van der Waals surface area contributed by atoms with Gasteiger partial charge in [-0.3, -0.25) is 14.4 Å². The molecule has 0 aliphatic rings. The molecule has 28 heavy (non-hydrogen) atoms. The minimum atomic E-state index is -1.46. The molecule has 12 nitrogen and oxygen atoms in total. The van der Waals surface area contributed by atoms with Gasteiger partial charge in [0.2, 0.25) is 11.8 Å². The van der Waals surface area contributed by atoms with Gasteiger partial charge in [-0.25, -0.2) is 9.78 Å². The monoisotopic (exact) mass is 398 g/mol. The number of carboxylic acids is 2. The largest absolute Gasteiger partial charge is 0.481 e. The molecule has 1 aromatic heterocycles. The molecule has 0 aromatic carbocycles. The summed E-state index contributed by atoms with van der Waals surface area (Å²) >= 11 is 0. The Morgan fingerprint density at radius 1 is 1.11 bits per heavy atom. The molecule has 1 aromatic rings. The second-order valence-electron chi connectivity index (χ2n) is 6.23. The number of carboxylic acid groups (broad SMARTS) is 2. The number of amides is 2. The minimum Gasteiger partial charge on any atom is -0.481 e. The van der Waals surface area contributed by atoms with E-state index in [-0.39, 0.29) is 6.42 Å². The van der Waals surface area contributed by atoms with Gasteiger partial charge < -0.3 is 37.3 Å². The molecule has 2 amide bonds. The molecular formula is C16H26N6O6. The normalized spacial score (nSPS) is 13.9. The smallest absolute Gasteiger partial charge is 0.326 e. The summed E-state index contributed by atoms with van der Waals surface area (Å²) in [5.41, 5.74) is 11.6. The van der Waals surface area contributed by atoms with Crippen LogP contribution >= 0.6 is 0 Å². The third-order valence-electron chi connectivity index (χ3n) is 3.91. The van der Waals surface area contributed by atoms with Gasteiger partial charge in [-0.05, 0) is 19.4 Å². The van der Waals surface area contributed by atoms with Crippen molar-refractivity contribution in [2.24, 2.45) is 11.5 Å². The maximum atomic E-state index is 12.4. The van der Waals surface area contributed by atoms with Crippen molar-refractivity contribution in [3.63, 3.8) is 0 Å². The number of aliphatic carboxylic acids is 2. The summed E-state index contributed by atoms with van der Waals surface area (Å²) in [6.45, 7) is 0.450. The Labute approximate surface area is 161 Å². The highest BCUT2D eigenvalue weighted by Gasteiger charge is 2.29. The fourth-order valence-corrected chi connectivity index (χ4v) is 2.39. The Hall–Kier alpha value is -2.99. The zero-order valence-electron chi connectivity index (χ0n) is 15.3. The van der Waals surface area contributed by atoms with E-state index in [1.807, 2.05) is 0 Å². The van der Waals surface area contributed by atoms with E-state index in [1.165, 1.54) is 12.5 Å². The molecule has 0 bridgehead atoms. The predicted molar refractivity (Wildman–Crippen MR) is 96.9 cm³/mol. The average molecular weight is 398 g/mol. The first kappa shape index (κ1) is 23.0. The molecule has 0 unspecified atom stereocenters. The fraction of sp³-hybridized carbons (Fsp3) is 0.562. The number of unbranched alkanes of at least 4 members (excludes halogenated alkanes) is 1. The topological polar surface area (TPSA) is 214 Å². The van der Waals surface area contributed by atoms with Crippen molar-refractivity contribution in [2.45, 2.75) is 50.2 Å². The average Bonchev–Trinajstić information content (AvgIpc) is 3.13. The third-order valence-corrected chi connectivity index (χ3v) is 3.91. The molecule has 0 aliphatic heterocycles. The quantitative estimate of drug-likeness (QED) is 0.182. The fourth-order valence-electron chi connectivity index (χ4n) is 2.39. The maximum Gasteiger partial charge on any atom is 0.326 e. The van der Waals surface area contributed by atoms with Crippen LogP contribution in [0, 0.1) is 0 Å². The van der Waals surface area contributed by atoms with E-state index < -0.39 is 48.3 Å². The summed E-state index contributed by atoms with van der Waals surface area (Å²) in [7, 11) is 0. The van der Waals surface area contributed by atoms with Gasteiger partial charge >= 0.3 is 11.9 Å². The van der Waals surface area contributed by atoms with E-state index in [0.29, 0.717) is 31.5 Å². The van der Waals surface area contributed by atoms with Crippen LogP contribution in [0.1, 0.15) is 31.4 Å². The number of carbonyl (C=O) groups excluding carboxylic acids is 2. The number of nitrogens with one attached hydrogen (secondary N) is 3. The second kappa shape index (κ2) is 11.7. The number of nitrogens with zero attached hydrogens (tertiary/aromatic N) is 1. The summed E-state index contributed by atoms with van der Waals surface area (Å²) in [6.07, 6.45) is 3.55. The van der Waals surface area contributed by atoms with E-state index in [0.717, 1.165) is 0 Å². The molecule has 1 rings (SSSR count). The first-order chi connectivity index (χ1) is 13.2. The molecule has 0 aliphatic carbocycles. The van der Waals surface area contributed by atoms with Crippen LogP contribution in [-0.2, 0) is 25.6 Å². The van der Waals surface area contributed by atoms with Crippen molar-refractivity contribution in [3.05, 3.63) is 18.2 Å². The molecular weight excluding hydrogens is 372 g/mol. The Kier molecular flexibility index (Phi) is 9.60. The highest BCUT2D eigenvalue weighted by Crippen LogP contribution is 2.03. The molecule has 0 saturated carbocycles. The lowest BCUT2D eigenvalue weighted by atomic mass is 10.1. The number of aromatic nitrogens is 2. The maximum absolute atomic E-state index is 12.4. The van der Waals surface area contributed by atoms with Gasteiger partial charge in [0.15, 0.2) is 0 Å². The van der Waals surface area contributed by atoms with Crippen molar-refractivity contribution < 1.29 is 29.4 Å². The van der Waals surface area contributed by atoms with Crippen LogP contribution in [0.4, 0.5) is 0 Å². The van der Waals surface area contributed by atoms with Gasteiger partial charge in [0.05, 0.1) is 18.8 Å². The lowest BCUT2D eigenvalue weighted by Gasteiger charge is -2.21. The van der Waals surface area contributed by atoms with Crippen molar-refractivity contribution >= 4 is 23.8 Å². The molecule has 156 valence electrons. The van der Waals surface area contributed by atoms with Gasteiger partial charge in [-0.2, -0.15) is 0 Å². The summed E-state index contributed by atoms with van der Waals surface area (Å²) < 4.78 is 0. The number of carbonyl (C=O) groups is 4. The molecule has 3 atom stereocenters. The Morgan fingerprint density at radius 3 is 2.32 bits per heavy atom. The van der Waals surface area contributed by atoms with Crippen molar-refractivity contribution in [2.75, 3.05) is 6.54 Å². The lowest BCUT2D eigenvalue weighted by molar-refractivity contribution is -0.143. The van der Waals surface area contributed by atoms with Crippen molar-refractivity contribution in [1.29, 1.82) is 0 Å². The molecule has 1 heterocycles. The number of imidazole rings is 1. The van der Waals surface area contributed by atoms with Crippen LogP contribution in [0.2, 0.25) is 0 Å². The molecule has 12 heteroatoms. The third kappa shape index (κ3) is 8.14.